The molecule has 1 aromatic heterocycles. The summed E-state index contributed by atoms with van der Waals surface area (Å²) in [5.41, 5.74) is 3.80. The average molecular weight is 418 g/mol. The van der Waals surface area contributed by atoms with Crippen LogP contribution in [0.5, 0.6) is 0 Å². The number of amides is 3. The largest absolute Gasteiger partial charge is 0.358 e. The normalized spacial score (nSPS) is 13.6. The van der Waals surface area contributed by atoms with E-state index in [1.807, 2.05) is 61.5 Å². The highest BCUT2D eigenvalue weighted by Crippen LogP contribution is 2.24. The number of fused-ring (bicyclic) bond motifs is 1. The van der Waals surface area contributed by atoms with Crippen LogP contribution >= 0.6 is 0 Å². The van der Waals surface area contributed by atoms with Crippen LogP contribution in [-0.4, -0.2) is 52.4 Å². The highest BCUT2D eigenvalue weighted by atomic mass is 16.2. The van der Waals surface area contributed by atoms with E-state index in [-0.39, 0.29) is 37.1 Å². The first kappa shape index (κ1) is 20.7. The summed E-state index contributed by atoms with van der Waals surface area (Å²) >= 11 is 0. The summed E-state index contributed by atoms with van der Waals surface area (Å²) in [5, 5.41) is 6.69. The van der Waals surface area contributed by atoms with E-state index in [4.69, 9.17) is 0 Å². The number of aromatic amines is 1. The van der Waals surface area contributed by atoms with E-state index >= 15 is 0 Å². The number of H-pyrrole nitrogens is 1. The van der Waals surface area contributed by atoms with E-state index in [1.54, 1.807) is 0 Å². The van der Waals surface area contributed by atoms with Gasteiger partial charge < -0.3 is 10.3 Å². The molecule has 1 saturated heterocycles. The Hall–Kier alpha value is -3.61. The van der Waals surface area contributed by atoms with Crippen molar-refractivity contribution in [2.75, 3.05) is 19.6 Å². The maximum atomic E-state index is 13.0. The van der Waals surface area contributed by atoms with Gasteiger partial charge in [-0.05, 0) is 30.5 Å². The molecule has 0 atom stereocenters. The Morgan fingerprint density at radius 2 is 1.58 bits per heavy atom. The lowest BCUT2D eigenvalue weighted by Gasteiger charge is -2.28. The summed E-state index contributed by atoms with van der Waals surface area (Å²) in [5.74, 6) is -0.608. The van der Waals surface area contributed by atoms with E-state index in [9.17, 15) is 14.4 Å². The van der Waals surface area contributed by atoms with Crippen LogP contribution < -0.4 is 5.32 Å². The Balaban J connectivity index is 1.36. The van der Waals surface area contributed by atoms with Crippen LogP contribution in [0.2, 0.25) is 0 Å². The third-order valence-electron chi connectivity index (χ3n) is 5.61. The average Bonchev–Trinajstić information content (AvgIpc) is 3.38. The second-order valence-corrected chi connectivity index (χ2v) is 7.78. The zero-order valence-corrected chi connectivity index (χ0v) is 17.6. The molecule has 0 unspecified atom stereocenters. The molecule has 3 amide bonds. The predicted octanol–water partition coefficient (Wildman–Crippen LogP) is 2.35. The van der Waals surface area contributed by atoms with Crippen molar-refractivity contribution >= 4 is 28.6 Å². The molecule has 2 aromatic carbocycles. The number of nitrogens with one attached hydrogen (secondary N) is 2. The fourth-order valence-electron chi connectivity index (χ4n) is 4.04. The van der Waals surface area contributed by atoms with Crippen molar-refractivity contribution in [3.63, 3.8) is 0 Å². The van der Waals surface area contributed by atoms with Gasteiger partial charge in [0.15, 0.2) is 0 Å². The van der Waals surface area contributed by atoms with Crippen LogP contribution in [0, 0.1) is 6.92 Å². The number of carbonyl (C=O) groups is 3. The van der Waals surface area contributed by atoms with Gasteiger partial charge in [0.1, 0.15) is 0 Å². The van der Waals surface area contributed by atoms with Gasteiger partial charge in [-0.25, -0.2) is 5.01 Å². The van der Waals surface area contributed by atoms with Crippen LogP contribution in [0.1, 0.15) is 23.2 Å². The molecule has 0 spiro atoms. The minimum Gasteiger partial charge on any atom is -0.358 e. The highest BCUT2D eigenvalue weighted by Gasteiger charge is 2.31. The van der Waals surface area contributed by atoms with E-state index in [1.165, 1.54) is 10.0 Å². The fraction of sp³-hybridized carbons (Fsp3) is 0.292. The Labute approximate surface area is 181 Å². The van der Waals surface area contributed by atoms with Gasteiger partial charge in [-0.15, -0.1) is 0 Å². The first-order valence-electron chi connectivity index (χ1n) is 10.5. The maximum absolute atomic E-state index is 13.0. The number of hydrazine groups is 1. The molecule has 2 N–H and O–H groups in total. The van der Waals surface area contributed by atoms with Crippen LogP contribution in [0.3, 0.4) is 0 Å². The van der Waals surface area contributed by atoms with Crippen molar-refractivity contribution in [2.24, 2.45) is 0 Å². The van der Waals surface area contributed by atoms with Gasteiger partial charge >= 0.3 is 0 Å². The number of benzene rings is 2. The number of para-hydroxylation sites is 1. The monoisotopic (exact) mass is 418 g/mol. The zero-order chi connectivity index (χ0) is 21.8. The molecule has 0 aliphatic carbocycles. The van der Waals surface area contributed by atoms with Crippen molar-refractivity contribution < 1.29 is 14.4 Å². The Kier molecular flexibility index (Phi) is 6.02. The van der Waals surface area contributed by atoms with Crippen molar-refractivity contribution in [1.82, 2.24) is 20.3 Å². The standard InChI is InChI=1S/C24H26N4O3/c1-17-20(19-10-5-6-11-21(19)26-17)15-23(30)27-12-7-13-28(27)24(31)16-25-22(29)14-18-8-3-2-4-9-18/h2-6,8-11,26H,7,12-16H2,1H3,(H,25,29). The van der Waals surface area contributed by atoms with E-state index in [2.05, 4.69) is 10.3 Å². The van der Waals surface area contributed by atoms with Crippen LogP contribution in [-0.2, 0) is 27.2 Å². The van der Waals surface area contributed by atoms with Gasteiger partial charge in [-0.2, -0.15) is 0 Å². The van der Waals surface area contributed by atoms with Gasteiger partial charge in [-0.3, -0.25) is 19.4 Å². The molecule has 31 heavy (non-hydrogen) atoms. The quantitative estimate of drug-likeness (QED) is 0.644. The topological polar surface area (TPSA) is 85.5 Å². The van der Waals surface area contributed by atoms with Crippen molar-refractivity contribution in [3.05, 3.63) is 71.4 Å². The molecule has 1 fully saturated rings. The predicted molar refractivity (Wildman–Crippen MR) is 118 cm³/mol. The molecule has 1 aliphatic rings. The molecule has 4 rings (SSSR count). The summed E-state index contributed by atoms with van der Waals surface area (Å²) in [4.78, 5) is 41.2. The van der Waals surface area contributed by atoms with Gasteiger partial charge in [0.2, 0.25) is 11.8 Å². The van der Waals surface area contributed by atoms with E-state index in [0.29, 0.717) is 13.1 Å². The molecular weight excluding hydrogens is 392 g/mol. The third-order valence-corrected chi connectivity index (χ3v) is 5.61. The molecule has 0 radical (unpaired) electrons. The van der Waals surface area contributed by atoms with Crippen molar-refractivity contribution in [1.29, 1.82) is 0 Å². The lowest BCUT2D eigenvalue weighted by Crippen LogP contribution is -2.49. The summed E-state index contributed by atoms with van der Waals surface area (Å²) < 4.78 is 0. The Morgan fingerprint density at radius 3 is 2.35 bits per heavy atom. The summed E-state index contributed by atoms with van der Waals surface area (Å²) in [7, 11) is 0. The second-order valence-electron chi connectivity index (χ2n) is 7.78. The molecule has 2 heterocycles. The SMILES string of the molecule is Cc1[nH]c2ccccc2c1CC(=O)N1CCCN1C(=O)CNC(=O)Cc1ccccc1. The number of hydrogen-bond acceptors (Lipinski definition) is 3. The van der Waals surface area contributed by atoms with Crippen molar-refractivity contribution in [2.45, 2.75) is 26.2 Å². The Bertz CT molecular complexity index is 1110. The smallest absolute Gasteiger partial charge is 0.260 e. The fourth-order valence-corrected chi connectivity index (χ4v) is 4.04. The number of aromatic nitrogens is 1. The maximum Gasteiger partial charge on any atom is 0.260 e. The number of aryl methyl sites for hydroxylation is 1. The molecule has 1 aliphatic heterocycles. The summed E-state index contributed by atoms with van der Waals surface area (Å²) in [6, 6.07) is 17.3. The number of nitrogens with zero attached hydrogens (tertiary/aromatic N) is 2. The molecule has 0 bridgehead atoms. The first-order chi connectivity index (χ1) is 15.0. The molecule has 160 valence electrons. The van der Waals surface area contributed by atoms with Gasteiger partial charge in [-0.1, -0.05) is 48.5 Å². The number of carbonyl (C=O) groups excluding carboxylic acids is 3. The zero-order valence-electron chi connectivity index (χ0n) is 17.6. The minimum atomic E-state index is -0.275. The minimum absolute atomic E-state index is 0.116. The lowest BCUT2D eigenvalue weighted by atomic mass is 10.1. The third kappa shape index (κ3) is 4.60. The van der Waals surface area contributed by atoms with Crippen LogP contribution in [0.25, 0.3) is 10.9 Å². The molecule has 0 saturated carbocycles. The first-order valence-corrected chi connectivity index (χ1v) is 10.5. The van der Waals surface area contributed by atoms with Crippen LogP contribution in [0.15, 0.2) is 54.6 Å². The van der Waals surface area contributed by atoms with E-state index in [0.717, 1.165) is 34.1 Å². The number of rotatable bonds is 6. The Morgan fingerprint density at radius 1 is 0.903 bits per heavy atom. The molecule has 3 aromatic rings. The summed E-state index contributed by atoms with van der Waals surface area (Å²) in [6.45, 7) is 2.81. The molecular formula is C24H26N4O3. The van der Waals surface area contributed by atoms with Gasteiger partial charge in [0.05, 0.1) is 19.4 Å². The van der Waals surface area contributed by atoms with Crippen molar-refractivity contribution in [3.8, 4) is 0 Å². The van der Waals surface area contributed by atoms with Gasteiger partial charge in [0, 0.05) is 29.7 Å². The number of hydrogen-bond donors (Lipinski definition) is 2. The highest BCUT2D eigenvalue weighted by molar-refractivity contribution is 5.92. The summed E-state index contributed by atoms with van der Waals surface area (Å²) in [6.07, 6.45) is 1.17. The van der Waals surface area contributed by atoms with Gasteiger partial charge in [0.25, 0.3) is 5.91 Å². The molecule has 7 nitrogen and oxygen atoms in total. The molecule has 7 heteroatoms. The van der Waals surface area contributed by atoms with E-state index < -0.39 is 0 Å². The lowest BCUT2D eigenvalue weighted by molar-refractivity contribution is -0.157. The second kappa shape index (κ2) is 9.04. The van der Waals surface area contributed by atoms with Crippen LogP contribution in [0.4, 0.5) is 0 Å².